The Bertz CT molecular complexity index is 584. The number of amides is 1. The standard InChI is InChI=1S/C19H26ClNO2/c1-2-3-4-5-6-7-10-14-13-17(20)15-11-8-9-12-16(15)19(14,23)18(21)22/h8-9,11-14,23H,2-7,10H2,1H3,(H2,21,22). The minimum Gasteiger partial charge on any atom is -0.375 e. The molecule has 1 aliphatic carbocycles. The molecule has 1 aromatic rings. The smallest absolute Gasteiger partial charge is 0.254 e. The average molecular weight is 336 g/mol. The lowest BCUT2D eigenvalue weighted by Gasteiger charge is -2.37. The third kappa shape index (κ3) is 3.78. The van der Waals surface area contributed by atoms with E-state index in [1.54, 1.807) is 18.2 Å². The first kappa shape index (κ1) is 18.0. The zero-order valence-electron chi connectivity index (χ0n) is 13.7. The molecule has 3 N–H and O–H groups in total. The van der Waals surface area contributed by atoms with Gasteiger partial charge in [0.25, 0.3) is 5.91 Å². The number of benzene rings is 1. The number of aliphatic hydroxyl groups is 1. The quantitative estimate of drug-likeness (QED) is 0.695. The number of carbonyl (C=O) groups excluding carboxylic acids is 1. The van der Waals surface area contributed by atoms with E-state index in [1.807, 2.05) is 12.1 Å². The van der Waals surface area contributed by atoms with E-state index < -0.39 is 11.5 Å². The summed E-state index contributed by atoms with van der Waals surface area (Å²) in [6.45, 7) is 2.19. The zero-order valence-corrected chi connectivity index (χ0v) is 14.5. The third-order valence-electron chi connectivity index (χ3n) is 4.72. The summed E-state index contributed by atoms with van der Waals surface area (Å²) >= 11 is 6.35. The van der Waals surface area contributed by atoms with E-state index >= 15 is 0 Å². The summed E-state index contributed by atoms with van der Waals surface area (Å²) < 4.78 is 0. The highest BCUT2D eigenvalue weighted by atomic mass is 35.5. The highest BCUT2D eigenvalue weighted by Crippen LogP contribution is 2.44. The fraction of sp³-hybridized carbons (Fsp3) is 0.526. The predicted octanol–water partition coefficient (Wildman–Crippen LogP) is 4.32. The molecule has 3 nitrogen and oxygen atoms in total. The SMILES string of the molecule is CCCCCCCCC1C=C(Cl)c2ccccc2C1(O)C(N)=O. The fourth-order valence-corrected chi connectivity index (χ4v) is 3.68. The van der Waals surface area contributed by atoms with E-state index in [-0.39, 0.29) is 5.92 Å². The van der Waals surface area contributed by atoms with Gasteiger partial charge in [0.2, 0.25) is 0 Å². The van der Waals surface area contributed by atoms with Crippen LogP contribution in [0.15, 0.2) is 30.3 Å². The maximum absolute atomic E-state index is 12.0. The number of fused-ring (bicyclic) bond motifs is 1. The predicted molar refractivity (Wildman–Crippen MR) is 94.8 cm³/mol. The van der Waals surface area contributed by atoms with Crippen LogP contribution < -0.4 is 5.73 Å². The van der Waals surface area contributed by atoms with Crippen LogP contribution in [0.25, 0.3) is 5.03 Å². The lowest BCUT2D eigenvalue weighted by Crippen LogP contribution is -2.48. The molecule has 2 unspecified atom stereocenters. The molecular formula is C19H26ClNO2. The minimum atomic E-state index is -1.67. The second-order valence-electron chi connectivity index (χ2n) is 6.35. The molecule has 126 valence electrons. The summed E-state index contributed by atoms with van der Waals surface area (Å²) in [5, 5.41) is 11.6. The van der Waals surface area contributed by atoms with Gasteiger partial charge >= 0.3 is 0 Å². The number of carbonyl (C=O) groups is 1. The molecular weight excluding hydrogens is 310 g/mol. The fourth-order valence-electron chi connectivity index (χ4n) is 3.36. The highest BCUT2D eigenvalue weighted by Gasteiger charge is 2.46. The van der Waals surface area contributed by atoms with Crippen molar-refractivity contribution in [2.24, 2.45) is 11.7 Å². The number of unbranched alkanes of at least 4 members (excludes halogenated alkanes) is 5. The van der Waals surface area contributed by atoms with Gasteiger partial charge in [0.1, 0.15) is 0 Å². The average Bonchev–Trinajstić information content (AvgIpc) is 2.55. The van der Waals surface area contributed by atoms with Crippen LogP contribution in [0.2, 0.25) is 0 Å². The third-order valence-corrected chi connectivity index (χ3v) is 5.05. The normalized spacial score (nSPS) is 23.3. The second-order valence-corrected chi connectivity index (χ2v) is 6.76. The molecule has 0 radical (unpaired) electrons. The number of halogens is 1. The lowest BCUT2D eigenvalue weighted by atomic mass is 9.72. The largest absolute Gasteiger partial charge is 0.375 e. The minimum absolute atomic E-state index is 0.367. The van der Waals surface area contributed by atoms with Gasteiger partial charge in [-0.15, -0.1) is 0 Å². The molecule has 1 aliphatic rings. The van der Waals surface area contributed by atoms with E-state index in [0.29, 0.717) is 22.6 Å². The molecule has 0 aliphatic heterocycles. The Morgan fingerprint density at radius 2 is 1.87 bits per heavy atom. The van der Waals surface area contributed by atoms with Crippen molar-refractivity contribution in [1.29, 1.82) is 0 Å². The Labute approximate surface area is 143 Å². The second kappa shape index (κ2) is 7.98. The van der Waals surface area contributed by atoms with E-state index in [4.69, 9.17) is 17.3 Å². The van der Waals surface area contributed by atoms with Crippen LogP contribution in [-0.2, 0) is 10.4 Å². The van der Waals surface area contributed by atoms with Crippen LogP contribution in [0.4, 0.5) is 0 Å². The Morgan fingerprint density at radius 3 is 2.57 bits per heavy atom. The van der Waals surface area contributed by atoms with Gasteiger partial charge in [-0.25, -0.2) is 0 Å². The zero-order chi connectivity index (χ0) is 16.9. The first-order valence-electron chi connectivity index (χ1n) is 8.51. The molecule has 0 fully saturated rings. The summed E-state index contributed by atoms with van der Waals surface area (Å²) in [6.07, 6.45) is 9.44. The van der Waals surface area contributed by atoms with Crippen molar-refractivity contribution in [1.82, 2.24) is 0 Å². The van der Waals surface area contributed by atoms with Gasteiger partial charge in [-0.3, -0.25) is 4.79 Å². The molecule has 0 heterocycles. The first-order chi connectivity index (χ1) is 11.0. The van der Waals surface area contributed by atoms with Crippen molar-refractivity contribution in [3.05, 3.63) is 41.5 Å². The van der Waals surface area contributed by atoms with Gasteiger partial charge < -0.3 is 10.8 Å². The van der Waals surface area contributed by atoms with E-state index in [1.165, 1.54) is 25.7 Å². The molecule has 0 spiro atoms. The summed E-state index contributed by atoms with van der Waals surface area (Å²) in [4.78, 5) is 12.0. The van der Waals surface area contributed by atoms with Crippen molar-refractivity contribution in [2.45, 2.75) is 57.5 Å². The van der Waals surface area contributed by atoms with Crippen LogP contribution >= 0.6 is 11.6 Å². The maximum atomic E-state index is 12.0. The van der Waals surface area contributed by atoms with Gasteiger partial charge in [0, 0.05) is 16.5 Å². The van der Waals surface area contributed by atoms with Gasteiger partial charge in [0.15, 0.2) is 5.60 Å². The van der Waals surface area contributed by atoms with Crippen molar-refractivity contribution in [2.75, 3.05) is 0 Å². The van der Waals surface area contributed by atoms with Crippen molar-refractivity contribution in [3.63, 3.8) is 0 Å². The number of rotatable bonds is 8. The first-order valence-corrected chi connectivity index (χ1v) is 8.89. The Morgan fingerprint density at radius 1 is 1.22 bits per heavy atom. The number of primary amides is 1. The van der Waals surface area contributed by atoms with Crippen molar-refractivity contribution in [3.8, 4) is 0 Å². The number of nitrogens with two attached hydrogens (primary N) is 1. The molecule has 4 heteroatoms. The van der Waals surface area contributed by atoms with Crippen LogP contribution in [0.5, 0.6) is 0 Å². The molecule has 1 aromatic carbocycles. The Hall–Kier alpha value is -1.32. The molecule has 0 saturated carbocycles. The van der Waals surface area contributed by atoms with Gasteiger partial charge in [-0.2, -0.15) is 0 Å². The van der Waals surface area contributed by atoms with E-state index in [2.05, 4.69) is 6.92 Å². The van der Waals surface area contributed by atoms with E-state index in [0.717, 1.165) is 12.8 Å². The van der Waals surface area contributed by atoms with Gasteiger partial charge in [-0.05, 0) is 12.0 Å². The van der Waals surface area contributed by atoms with Crippen molar-refractivity contribution >= 4 is 22.5 Å². The summed E-state index contributed by atoms with van der Waals surface area (Å²) in [5.74, 6) is -1.07. The number of hydrogen-bond donors (Lipinski definition) is 2. The topological polar surface area (TPSA) is 63.3 Å². The molecule has 2 atom stereocenters. The van der Waals surface area contributed by atoms with Crippen LogP contribution in [0, 0.1) is 5.92 Å². The Balaban J connectivity index is 2.13. The molecule has 23 heavy (non-hydrogen) atoms. The van der Waals surface area contributed by atoms with Crippen molar-refractivity contribution < 1.29 is 9.90 Å². The summed E-state index contributed by atoms with van der Waals surface area (Å²) in [5.41, 5.74) is 5.11. The molecule has 1 amide bonds. The summed E-state index contributed by atoms with van der Waals surface area (Å²) in [7, 11) is 0. The molecule has 0 bridgehead atoms. The highest BCUT2D eigenvalue weighted by molar-refractivity contribution is 6.49. The van der Waals surface area contributed by atoms with Gasteiger partial charge in [-0.1, -0.05) is 87.4 Å². The maximum Gasteiger partial charge on any atom is 0.254 e. The lowest BCUT2D eigenvalue weighted by molar-refractivity contribution is -0.142. The molecule has 2 rings (SSSR count). The van der Waals surface area contributed by atoms with Crippen LogP contribution in [0.3, 0.4) is 0 Å². The van der Waals surface area contributed by atoms with Crippen LogP contribution in [-0.4, -0.2) is 11.0 Å². The Kier molecular flexibility index (Phi) is 6.25. The van der Waals surface area contributed by atoms with Gasteiger partial charge in [0.05, 0.1) is 0 Å². The van der Waals surface area contributed by atoms with Crippen LogP contribution in [0.1, 0.15) is 63.0 Å². The van der Waals surface area contributed by atoms with E-state index in [9.17, 15) is 9.90 Å². The molecule has 0 aromatic heterocycles. The number of hydrogen-bond acceptors (Lipinski definition) is 2. The monoisotopic (exact) mass is 335 g/mol. The summed E-state index contributed by atoms with van der Waals surface area (Å²) in [6, 6.07) is 7.18. The molecule has 0 saturated heterocycles.